The van der Waals surface area contributed by atoms with Crippen LogP contribution in [0.2, 0.25) is 0 Å². The summed E-state index contributed by atoms with van der Waals surface area (Å²) in [5.74, 6) is -1.80. The number of hydrogen-bond acceptors (Lipinski definition) is 3. The molecule has 2 rings (SSSR count). The van der Waals surface area contributed by atoms with E-state index in [4.69, 9.17) is 4.74 Å². The number of nitrogens with zero attached hydrogens (tertiary/aromatic N) is 2. The van der Waals surface area contributed by atoms with Crippen LogP contribution in [-0.2, 0) is 9.53 Å². The average Bonchev–Trinajstić information content (AvgIpc) is 2.52. The smallest absolute Gasteiger partial charge is 0.410 e. The molecule has 1 aromatic carbocycles. The van der Waals surface area contributed by atoms with E-state index in [1.165, 1.54) is 15.9 Å². The predicted octanol–water partition coefficient (Wildman–Crippen LogP) is 3.06. The second-order valence-electron chi connectivity index (χ2n) is 6.76. The SMILES string of the molecule is CC(C)(C)OC(=O)N1CCN(C(=O)C=Cc2c(F)cccc2F)CC1. The highest BCUT2D eigenvalue weighted by molar-refractivity contribution is 5.92. The van der Waals surface area contributed by atoms with Gasteiger partial charge in [0.1, 0.15) is 17.2 Å². The maximum Gasteiger partial charge on any atom is 0.410 e. The molecule has 0 radical (unpaired) electrons. The van der Waals surface area contributed by atoms with E-state index in [0.29, 0.717) is 26.2 Å². The maximum absolute atomic E-state index is 13.5. The molecule has 0 unspecified atom stereocenters. The first-order chi connectivity index (χ1) is 11.7. The van der Waals surface area contributed by atoms with Gasteiger partial charge < -0.3 is 14.5 Å². The first-order valence-electron chi connectivity index (χ1n) is 8.06. The monoisotopic (exact) mass is 352 g/mol. The molecule has 0 bridgehead atoms. The fourth-order valence-electron chi connectivity index (χ4n) is 2.37. The van der Waals surface area contributed by atoms with Gasteiger partial charge in [-0.3, -0.25) is 4.79 Å². The van der Waals surface area contributed by atoms with Gasteiger partial charge in [-0.2, -0.15) is 0 Å². The fourth-order valence-corrected chi connectivity index (χ4v) is 2.37. The van der Waals surface area contributed by atoms with Crippen LogP contribution in [0.3, 0.4) is 0 Å². The minimum Gasteiger partial charge on any atom is -0.444 e. The number of carbonyl (C=O) groups is 2. The molecular formula is C18H22F2N2O3. The van der Waals surface area contributed by atoms with Crippen molar-refractivity contribution in [1.29, 1.82) is 0 Å². The molecule has 5 nitrogen and oxygen atoms in total. The van der Waals surface area contributed by atoms with Gasteiger partial charge in [-0.25, -0.2) is 13.6 Å². The number of halogens is 2. The zero-order valence-electron chi connectivity index (χ0n) is 14.6. The Hall–Kier alpha value is -2.44. The Labute approximate surface area is 145 Å². The number of hydrogen-bond donors (Lipinski definition) is 0. The summed E-state index contributed by atoms with van der Waals surface area (Å²) in [5, 5.41) is 0. The molecule has 0 N–H and O–H groups in total. The predicted molar refractivity (Wildman–Crippen MR) is 89.8 cm³/mol. The molecule has 7 heteroatoms. The Balaban J connectivity index is 1.91. The summed E-state index contributed by atoms with van der Waals surface area (Å²) in [5.41, 5.74) is -0.820. The van der Waals surface area contributed by atoms with Gasteiger partial charge in [-0.1, -0.05) is 6.07 Å². The lowest BCUT2D eigenvalue weighted by Gasteiger charge is -2.35. The highest BCUT2D eigenvalue weighted by atomic mass is 19.1. The third-order valence-corrected chi connectivity index (χ3v) is 3.64. The van der Waals surface area contributed by atoms with Gasteiger partial charge in [-0.05, 0) is 39.0 Å². The molecule has 0 saturated carbocycles. The van der Waals surface area contributed by atoms with Gasteiger partial charge in [-0.15, -0.1) is 0 Å². The van der Waals surface area contributed by atoms with E-state index in [-0.39, 0.29) is 11.5 Å². The summed E-state index contributed by atoms with van der Waals surface area (Å²) < 4.78 is 32.4. The summed E-state index contributed by atoms with van der Waals surface area (Å²) in [6.45, 7) is 6.74. The van der Waals surface area contributed by atoms with E-state index in [2.05, 4.69) is 0 Å². The highest BCUT2D eigenvalue weighted by Crippen LogP contribution is 2.15. The highest BCUT2D eigenvalue weighted by Gasteiger charge is 2.27. The summed E-state index contributed by atoms with van der Waals surface area (Å²) in [6.07, 6.45) is 1.86. The van der Waals surface area contributed by atoms with Crippen molar-refractivity contribution < 1.29 is 23.1 Å². The average molecular weight is 352 g/mol. The number of carbonyl (C=O) groups excluding carboxylic acids is 2. The van der Waals surface area contributed by atoms with E-state index in [1.54, 1.807) is 20.8 Å². The Bertz CT molecular complexity index is 655. The Morgan fingerprint density at radius 2 is 1.56 bits per heavy atom. The molecule has 1 aromatic rings. The molecule has 136 valence electrons. The number of amides is 2. The molecule has 0 aliphatic carbocycles. The minimum absolute atomic E-state index is 0.247. The van der Waals surface area contributed by atoms with Crippen LogP contribution in [0.4, 0.5) is 13.6 Å². The topological polar surface area (TPSA) is 49.9 Å². The van der Waals surface area contributed by atoms with Gasteiger partial charge in [0.05, 0.1) is 0 Å². The van der Waals surface area contributed by atoms with Crippen LogP contribution in [0, 0.1) is 11.6 Å². The molecule has 1 aliphatic heterocycles. The van der Waals surface area contributed by atoms with Crippen LogP contribution in [0.15, 0.2) is 24.3 Å². The minimum atomic E-state index is -0.723. The molecule has 1 aliphatic rings. The Kier molecular flexibility index (Phi) is 5.77. The van der Waals surface area contributed by atoms with Crippen LogP contribution in [0.1, 0.15) is 26.3 Å². The number of piperazine rings is 1. The standard InChI is InChI=1S/C18H22F2N2O3/c1-18(2,3)25-17(24)22-11-9-21(10-12-22)16(23)8-7-13-14(19)5-4-6-15(13)20/h4-8H,9-12H2,1-3H3. The molecular weight excluding hydrogens is 330 g/mol. The number of benzene rings is 1. The van der Waals surface area contributed by atoms with Crippen molar-refractivity contribution in [3.8, 4) is 0 Å². The molecule has 1 fully saturated rings. The summed E-state index contributed by atoms with van der Waals surface area (Å²) in [6, 6.07) is 3.53. The largest absolute Gasteiger partial charge is 0.444 e. The fraction of sp³-hybridized carbons (Fsp3) is 0.444. The van der Waals surface area contributed by atoms with E-state index in [1.807, 2.05) is 0 Å². The van der Waals surface area contributed by atoms with Crippen LogP contribution in [0.5, 0.6) is 0 Å². The first-order valence-corrected chi connectivity index (χ1v) is 8.06. The van der Waals surface area contributed by atoms with Crippen LogP contribution in [-0.4, -0.2) is 53.6 Å². The van der Waals surface area contributed by atoms with Crippen LogP contribution < -0.4 is 0 Å². The molecule has 1 saturated heterocycles. The van der Waals surface area contributed by atoms with Crippen molar-refractivity contribution in [2.24, 2.45) is 0 Å². The van der Waals surface area contributed by atoms with Crippen molar-refractivity contribution in [2.75, 3.05) is 26.2 Å². The van der Waals surface area contributed by atoms with Gasteiger partial charge in [0.15, 0.2) is 0 Å². The third kappa shape index (κ3) is 5.27. The van der Waals surface area contributed by atoms with Crippen molar-refractivity contribution in [2.45, 2.75) is 26.4 Å². The summed E-state index contributed by atoms with van der Waals surface area (Å²) in [7, 11) is 0. The summed E-state index contributed by atoms with van der Waals surface area (Å²) in [4.78, 5) is 27.2. The second kappa shape index (κ2) is 7.63. The molecule has 2 amide bonds. The lowest BCUT2D eigenvalue weighted by Crippen LogP contribution is -2.51. The van der Waals surface area contributed by atoms with Gasteiger partial charge in [0, 0.05) is 37.8 Å². The van der Waals surface area contributed by atoms with E-state index in [0.717, 1.165) is 24.3 Å². The van der Waals surface area contributed by atoms with Gasteiger partial charge in [0.2, 0.25) is 5.91 Å². The number of rotatable bonds is 2. The van der Waals surface area contributed by atoms with E-state index in [9.17, 15) is 18.4 Å². The van der Waals surface area contributed by atoms with E-state index < -0.39 is 23.3 Å². The first kappa shape index (κ1) is 18.9. The van der Waals surface area contributed by atoms with Crippen LogP contribution >= 0.6 is 0 Å². The molecule has 0 aromatic heterocycles. The van der Waals surface area contributed by atoms with Gasteiger partial charge >= 0.3 is 6.09 Å². The molecule has 25 heavy (non-hydrogen) atoms. The molecule has 1 heterocycles. The van der Waals surface area contributed by atoms with E-state index >= 15 is 0 Å². The lowest BCUT2D eigenvalue weighted by molar-refractivity contribution is -0.127. The maximum atomic E-state index is 13.5. The number of ether oxygens (including phenoxy) is 1. The quantitative estimate of drug-likeness (QED) is 0.769. The second-order valence-corrected chi connectivity index (χ2v) is 6.76. The van der Waals surface area contributed by atoms with Crippen molar-refractivity contribution in [1.82, 2.24) is 9.80 Å². The lowest BCUT2D eigenvalue weighted by atomic mass is 10.2. The molecule has 0 atom stereocenters. The summed E-state index contributed by atoms with van der Waals surface area (Å²) >= 11 is 0. The zero-order valence-corrected chi connectivity index (χ0v) is 14.6. The third-order valence-electron chi connectivity index (χ3n) is 3.64. The van der Waals surface area contributed by atoms with Crippen molar-refractivity contribution >= 4 is 18.1 Å². The Morgan fingerprint density at radius 3 is 2.08 bits per heavy atom. The Morgan fingerprint density at radius 1 is 1.04 bits per heavy atom. The van der Waals surface area contributed by atoms with Crippen molar-refractivity contribution in [3.63, 3.8) is 0 Å². The normalized spacial score (nSPS) is 15.6. The molecule has 0 spiro atoms. The zero-order chi connectivity index (χ0) is 18.6. The van der Waals surface area contributed by atoms with Crippen LogP contribution in [0.25, 0.3) is 6.08 Å². The van der Waals surface area contributed by atoms with Gasteiger partial charge in [0.25, 0.3) is 0 Å². The van der Waals surface area contributed by atoms with Crippen molar-refractivity contribution in [3.05, 3.63) is 41.5 Å².